The van der Waals surface area contributed by atoms with Crippen LogP contribution in [-0.4, -0.2) is 49.1 Å². The van der Waals surface area contributed by atoms with Crippen LogP contribution in [0.1, 0.15) is 22.3 Å². The highest BCUT2D eigenvalue weighted by Crippen LogP contribution is 2.08. The fourth-order valence-corrected chi connectivity index (χ4v) is 4.68. The highest BCUT2D eigenvalue weighted by molar-refractivity contribution is 5.17. The fourth-order valence-electron chi connectivity index (χ4n) is 4.68. The molecule has 0 bridgehead atoms. The van der Waals surface area contributed by atoms with Gasteiger partial charge in [-0.25, -0.2) is 0 Å². The lowest BCUT2D eigenvalue weighted by atomic mass is 10.1. The maximum Gasteiger partial charge on any atom is 0.0110 e. The Morgan fingerprint density at radius 2 is 0.500 bits per heavy atom. The molecule has 186 valence electrons. The second-order valence-electron chi connectivity index (χ2n) is 9.63. The van der Waals surface area contributed by atoms with E-state index in [-0.39, 0.29) is 0 Å². The zero-order valence-electron chi connectivity index (χ0n) is 21.5. The number of benzene rings is 4. The molecule has 2 nitrogen and oxygen atoms in total. The van der Waals surface area contributed by atoms with E-state index in [2.05, 4.69) is 131 Å². The first-order valence-electron chi connectivity index (χ1n) is 13.5. The molecule has 0 radical (unpaired) electrons. The van der Waals surface area contributed by atoms with Gasteiger partial charge in [0.2, 0.25) is 0 Å². The highest BCUT2D eigenvalue weighted by atomic mass is 15.2. The van der Waals surface area contributed by atoms with Crippen LogP contribution in [0.4, 0.5) is 0 Å². The summed E-state index contributed by atoms with van der Waals surface area (Å²) < 4.78 is 0. The molecule has 4 aromatic rings. The molecule has 0 N–H and O–H groups in total. The molecule has 0 fully saturated rings. The zero-order valence-corrected chi connectivity index (χ0v) is 21.5. The average molecular weight is 477 g/mol. The Morgan fingerprint density at radius 3 is 0.722 bits per heavy atom. The van der Waals surface area contributed by atoms with Gasteiger partial charge in [-0.05, 0) is 47.9 Å². The largest absolute Gasteiger partial charge is 0.301 e. The monoisotopic (exact) mass is 476 g/mol. The minimum absolute atomic E-state index is 1.10. The summed E-state index contributed by atoms with van der Waals surface area (Å²) in [6.45, 7) is 6.60. The summed E-state index contributed by atoms with van der Waals surface area (Å²) in [5, 5.41) is 0. The van der Waals surface area contributed by atoms with Crippen molar-refractivity contribution >= 4 is 0 Å². The molecular formula is C34H40N2. The molecule has 0 aromatic heterocycles. The van der Waals surface area contributed by atoms with E-state index in [9.17, 15) is 0 Å². The van der Waals surface area contributed by atoms with Crippen LogP contribution in [0.25, 0.3) is 0 Å². The Hall–Kier alpha value is -3.20. The average Bonchev–Trinajstić information content (AvgIpc) is 2.95. The summed E-state index contributed by atoms with van der Waals surface area (Å²) in [6, 6.07) is 43.6. The summed E-state index contributed by atoms with van der Waals surface area (Å²) in [6.07, 6.45) is 4.40. The van der Waals surface area contributed by atoms with Crippen LogP contribution in [-0.2, 0) is 25.7 Å². The maximum absolute atomic E-state index is 2.66. The number of rotatable bonds is 15. The topological polar surface area (TPSA) is 6.48 Å². The van der Waals surface area contributed by atoms with Gasteiger partial charge in [0.05, 0.1) is 0 Å². The minimum atomic E-state index is 1.10. The van der Waals surface area contributed by atoms with Crippen molar-refractivity contribution in [2.45, 2.75) is 25.7 Å². The molecule has 2 heteroatoms. The Bertz CT molecular complexity index is 903. The summed E-state index contributed by atoms with van der Waals surface area (Å²) in [4.78, 5) is 5.33. The second-order valence-corrected chi connectivity index (χ2v) is 9.63. The van der Waals surface area contributed by atoms with E-state index in [4.69, 9.17) is 0 Å². The molecule has 0 heterocycles. The van der Waals surface area contributed by atoms with Crippen LogP contribution in [0.3, 0.4) is 0 Å². The molecule has 4 rings (SSSR count). The molecule has 0 atom stereocenters. The van der Waals surface area contributed by atoms with Gasteiger partial charge in [-0.1, -0.05) is 121 Å². The van der Waals surface area contributed by atoms with Gasteiger partial charge in [0.25, 0.3) is 0 Å². The van der Waals surface area contributed by atoms with Gasteiger partial charge < -0.3 is 9.80 Å². The van der Waals surface area contributed by atoms with Gasteiger partial charge in [0.1, 0.15) is 0 Å². The minimum Gasteiger partial charge on any atom is -0.301 e. The Morgan fingerprint density at radius 1 is 0.278 bits per heavy atom. The van der Waals surface area contributed by atoms with Crippen LogP contribution < -0.4 is 0 Å². The number of hydrogen-bond donors (Lipinski definition) is 0. The van der Waals surface area contributed by atoms with Crippen molar-refractivity contribution in [3.8, 4) is 0 Å². The van der Waals surface area contributed by atoms with Crippen molar-refractivity contribution < 1.29 is 0 Å². The van der Waals surface area contributed by atoms with Gasteiger partial charge in [0.15, 0.2) is 0 Å². The first-order valence-corrected chi connectivity index (χ1v) is 13.5. The van der Waals surface area contributed by atoms with E-state index in [0.29, 0.717) is 0 Å². The Kier molecular flexibility index (Phi) is 10.8. The molecule has 0 aliphatic carbocycles. The quantitative estimate of drug-likeness (QED) is 0.192. The van der Waals surface area contributed by atoms with Gasteiger partial charge in [-0.2, -0.15) is 0 Å². The van der Waals surface area contributed by atoms with Crippen LogP contribution >= 0.6 is 0 Å². The maximum atomic E-state index is 2.66. The van der Waals surface area contributed by atoms with Crippen LogP contribution in [0.15, 0.2) is 121 Å². The lowest BCUT2D eigenvalue weighted by molar-refractivity contribution is 0.208. The van der Waals surface area contributed by atoms with E-state index < -0.39 is 0 Å². The lowest BCUT2D eigenvalue weighted by Gasteiger charge is -2.28. The van der Waals surface area contributed by atoms with E-state index in [1.807, 2.05) is 0 Å². The van der Waals surface area contributed by atoms with Gasteiger partial charge in [-0.15, -0.1) is 0 Å². The molecule has 0 aliphatic heterocycles. The van der Waals surface area contributed by atoms with Crippen molar-refractivity contribution in [1.82, 2.24) is 9.80 Å². The third-order valence-electron chi connectivity index (χ3n) is 6.97. The predicted octanol–water partition coefficient (Wildman–Crippen LogP) is 6.56. The SMILES string of the molecule is c1ccc(CCN(CCc2ccccc2)CCN(CCc2ccccc2)CCc2ccccc2)cc1. The van der Waals surface area contributed by atoms with Crippen LogP contribution in [0, 0.1) is 0 Å². The number of hydrogen-bond acceptors (Lipinski definition) is 2. The lowest BCUT2D eigenvalue weighted by Crippen LogP contribution is -2.39. The van der Waals surface area contributed by atoms with Crippen molar-refractivity contribution in [1.29, 1.82) is 0 Å². The predicted molar refractivity (Wildman–Crippen MR) is 153 cm³/mol. The Balaban J connectivity index is 1.36. The molecule has 0 aliphatic rings. The van der Waals surface area contributed by atoms with E-state index in [1.165, 1.54) is 22.3 Å². The van der Waals surface area contributed by atoms with Crippen molar-refractivity contribution in [2.75, 3.05) is 39.3 Å². The summed E-state index contributed by atoms with van der Waals surface area (Å²) in [7, 11) is 0. The van der Waals surface area contributed by atoms with Crippen molar-refractivity contribution in [2.24, 2.45) is 0 Å². The van der Waals surface area contributed by atoms with E-state index in [1.54, 1.807) is 0 Å². The Labute approximate surface area is 218 Å². The molecule has 0 saturated carbocycles. The molecule has 0 saturated heterocycles. The standard InChI is InChI=1S/C34H40N2/c1-5-13-31(14-6-1)21-25-35(26-22-32-15-7-2-8-16-32)29-30-36(27-23-33-17-9-3-10-18-33)28-24-34-19-11-4-12-20-34/h1-20H,21-30H2. The third-order valence-corrected chi connectivity index (χ3v) is 6.97. The van der Waals surface area contributed by atoms with Gasteiger partial charge in [-0.3, -0.25) is 0 Å². The normalized spacial score (nSPS) is 11.3. The molecule has 0 spiro atoms. The summed E-state index contributed by atoms with van der Waals surface area (Å²) in [5.41, 5.74) is 5.69. The first kappa shape index (κ1) is 25.9. The van der Waals surface area contributed by atoms with Crippen LogP contribution in [0.5, 0.6) is 0 Å². The smallest absolute Gasteiger partial charge is 0.0110 e. The van der Waals surface area contributed by atoms with E-state index in [0.717, 1.165) is 65.0 Å². The fraction of sp³-hybridized carbons (Fsp3) is 0.294. The molecule has 4 aromatic carbocycles. The van der Waals surface area contributed by atoms with Crippen LogP contribution in [0.2, 0.25) is 0 Å². The molecule has 0 unspecified atom stereocenters. The second kappa shape index (κ2) is 15.0. The third kappa shape index (κ3) is 9.45. The van der Waals surface area contributed by atoms with Gasteiger partial charge in [0, 0.05) is 39.3 Å². The summed E-state index contributed by atoms with van der Waals surface area (Å²) in [5.74, 6) is 0. The molecule has 36 heavy (non-hydrogen) atoms. The van der Waals surface area contributed by atoms with Crippen molar-refractivity contribution in [3.63, 3.8) is 0 Å². The molecular weight excluding hydrogens is 436 g/mol. The zero-order chi connectivity index (χ0) is 24.7. The van der Waals surface area contributed by atoms with Crippen molar-refractivity contribution in [3.05, 3.63) is 144 Å². The molecule has 0 amide bonds. The first-order chi connectivity index (χ1) is 17.8. The van der Waals surface area contributed by atoms with E-state index >= 15 is 0 Å². The highest BCUT2D eigenvalue weighted by Gasteiger charge is 2.11. The number of nitrogens with zero attached hydrogens (tertiary/aromatic N) is 2. The summed E-state index contributed by atoms with van der Waals surface area (Å²) >= 11 is 0. The van der Waals surface area contributed by atoms with Gasteiger partial charge >= 0.3 is 0 Å².